The Morgan fingerprint density at radius 2 is 2.11 bits per heavy atom. The minimum atomic E-state index is -0.294. The molecule has 0 atom stereocenters. The molecule has 1 heterocycles. The summed E-state index contributed by atoms with van der Waals surface area (Å²) in [6, 6.07) is 6.35. The standard InChI is InChI=1S/C16H16FNO/c1-3-5-12(4-2)10-18-15(11-19)8-13-6-7-14(17)9-16(13)18/h3-9,11H,10H2,1-2H3/b5-3-,12-4+. The highest BCUT2D eigenvalue weighted by Crippen LogP contribution is 2.21. The highest BCUT2D eigenvalue weighted by Gasteiger charge is 2.09. The molecule has 0 bridgehead atoms. The summed E-state index contributed by atoms with van der Waals surface area (Å²) in [5.74, 6) is -0.294. The molecule has 3 heteroatoms. The van der Waals surface area contributed by atoms with E-state index in [4.69, 9.17) is 0 Å². The summed E-state index contributed by atoms with van der Waals surface area (Å²) in [5, 5.41) is 0.874. The first kappa shape index (κ1) is 13.3. The molecule has 1 aromatic heterocycles. The van der Waals surface area contributed by atoms with E-state index < -0.39 is 0 Å². The van der Waals surface area contributed by atoms with E-state index in [1.807, 2.05) is 36.6 Å². The molecule has 0 spiro atoms. The maximum atomic E-state index is 13.4. The average molecular weight is 257 g/mol. The monoisotopic (exact) mass is 257 g/mol. The van der Waals surface area contributed by atoms with Gasteiger partial charge in [0.2, 0.25) is 0 Å². The molecule has 19 heavy (non-hydrogen) atoms. The number of benzene rings is 1. The van der Waals surface area contributed by atoms with Crippen LogP contribution in [0.1, 0.15) is 24.3 Å². The fourth-order valence-corrected chi connectivity index (χ4v) is 2.16. The van der Waals surface area contributed by atoms with E-state index in [0.717, 1.165) is 22.8 Å². The average Bonchev–Trinajstić information content (AvgIpc) is 2.75. The molecule has 0 saturated heterocycles. The van der Waals surface area contributed by atoms with Crippen LogP contribution in [0.15, 0.2) is 48.1 Å². The fraction of sp³-hybridized carbons (Fsp3) is 0.188. The zero-order valence-electron chi connectivity index (χ0n) is 11.1. The van der Waals surface area contributed by atoms with E-state index in [1.165, 1.54) is 12.1 Å². The summed E-state index contributed by atoms with van der Waals surface area (Å²) in [7, 11) is 0. The lowest BCUT2D eigenvalue weighted by molar-refractivity contribution is 0.111. The molecular formula is C16H16FNO. The van der Waals surface area contributed by atoms with Gasteiger partial charge in [-0.1, -0.05) is 18.2 Å². The molecule has 0 fully saturated rings. The van der Waals surface area contributed by atoms with E-state index >= 15 is 0 Å². The number of halogens is 1. The summed E-state index contributed by atoms with van der Waals surface area (Å²) in [6.07, 6.45) is 6.72. The number of hydrogen-bond donors (Lipinski definition) is 0. The molecule has 98 valence electrons. The van der Waals surface area contributed by atoms with Crippen molar-refractivity contribution in [1.29, 1.82) is 0 Å². The van der Waals surface area contributed by atoms with Gasteiger partial charge in [-0.25, -0.2) is 4.39 Å². The highest BCUT2D eigenvalue weighted by molar-refractivity contribution is 5.89. The van der Waals surface area contributed by atoms with Crippen LogP contribution in [-0.4, -0.2) is 10.9 Å². The smallest absolute Gasteiger partial charge is 0.166 e. The molecule has 0 unspecified atom stereocenters. The Bertz CT molecular complexity index is 665. The van der Waals surface area contributed by atoms with Gasteiger partial charge in [0.15, 0.2) is 6.29 Å². The van der Waals surface area contributed by atoms with Gasteiger partial charge in [-0.3, -0.25) is 4.79 Å². The van der Waals surface area contributed by atoms with Gasteiger partial charge < -0.3 is 4.57 Å². The third-order valence-electron chi connectivity index (χ3n) is 3.11. The number of nitrogens with zero attached hydrogens (tertiary/aromatic N) is 1. The molecule has 0 aliphatic heterocycles. The third kappa shape index (κ3) is 2.65. The maximum absolute atomic E-state index is 13.4. The van der Waals surface area contributed by atoms with Gasteiger partial charge in [-0.05, 0) is 43.7 Å². The molecule has 0 saturated carbocycles. The van der Waals surface area contributed by atoms with Crippen molar-refractivity contribution in [2.45, 2.75) is 20.4 Å². The Morgan fingerprint density at radius 3 is 2.74 bits per heavy atom. The molecule has 2 aromatic rings. The lowest BCUT2D eigenvalue weighted by Gasteiger charge is -2.08. The molecule has 0 radical (unpaired) electrons. The minimum Gasteiger partial charge on any atom is -0.334 e. The number of aromatic nitrogens is 1. The topological polar surface area (TPSA) is 22.0 Å². The molecule has 2 rings (SSSR count). The Balaban J connectivity index is 2.56. The van der Waals surface area contributed by atoms with Crippen LogP contribution in [0.3, 0.4) is 0 Å². The highest BCUT2D eigenvalue weighted by atomic mass is 19.1. The Hall–Kier alpha value is -2.16. The number of fused-ring (bicyclic) bond motifs is 1. The summed E-state index contributed by atoms with van der Waals surface area (Å²) >= 11 is 0. The maximum Gasteiger partial charge on any atom is 0.166 e. The summed E-state index contributed by atoms with van der Waals surface area (Å²) in [5.41, 5.74) is 2.38. The Morgan fingerprint density at radius 1 is 1.32 bits per heavy atom. The summed E-state index contributed by atoms with van der Waals surface area (Å²) in [6.45, 7) is 4.45. The van der Waals surface area contributed by atoms with Gasteiger partial charge in [-0.15, -0.1) is 0 Å². The van der Waals surface area contributed by atoms with E-state index in [1.54, 1.807) is 12.1 Å². The first-order chi connectivity index (χ1) is 9.19. The first-order valence-corrected chi connectivity index (χ1v) is 6.21. The third-order valence-corrected chi connectivity index (χ3v) is 3.11. The SMILES string of the molecule is C/C=C\C(=C/C)Cn1c(C=O)cc2ccc(F)cc21. The van der Waals surface area contributed by atoms with E-state index in [-0.39, 0.29) is 5.82 Å². The lowest BCUT2D eigenvalue weighted by atomic mass is 10.2. The van der Waals surface area contributed by atoms with Crippen molar-refractivity contribution < 1.29 is 9.18 Å². The fourth-order valence-electron chi connectivity index (χ4n) is 2.16. The van der Waals surface area contributed by atoms with E-state index in [0.29, 0.717) is 12.2 Å². The molecule has 0 N–H and O–H groups in total. The predicted molar refractivity (Wildman–Crippen MR) is 75.9 cm³/mol. The summed E-state index contributed by atoms with van der Waals surface area (Å²) in [4.78, 5) is 11.2. The quantitative estimate of drug-likeness (QED) is 0.596. The van der Waals surface area contributed by atoms with Crippen molar-refractivity contribution in [3.05, 3.63) is 59.6 Å². The van der Waals surface area contributed by atoms with Gasteiger partial charge in [0.25, 0.3) is 0 Å². The lowest BCUT2D eigenvalue weighted by Crippen LogP contribution is -2.03. The Kier molecular flexibility index (Phi) is 3.95. The van der Waals surface area contributed by atoms with Gasteiger partial charge in [0, 0.05) is 11.9 Å². The molecule has 0 aliphatic carbocycles. The van der Waals surface area contributed by atoms with Crippen molar-refractivity contribution in [1.82, 2.24) is 4.57 Å². The minimum absolute atomic E-state index is 0.294. The molecule has 2 nitrogen and oxygen atoms in total. The van der Waals surface area contributed by atoms with E-state index in [9.17, 15) is 9.18 Å². The van der Waals surface area contributed by atoms with Gasteiger partial charge in [0.1, 0.15) is 5.82 Å². The number of rotatable bonds is 4. The summed E-state index contributed by atoms with van der Waals surface area (Å²) < 4.78 is 15.2. The van der Waals surface area contributed by atoms with Crippen molar-refractivity contribution in [3.63, 3.8) is 0 Å². The van der Waals surface area contributed by atoms with Crippen LogP contribution >= 0.6 is 0 Å². The number of carbonyl (C=O) groups is 1. The molecule has 0 aliphatic rings. The largest absolute Gasteiger partial charge is 0.334 e. The second-order valence-corrected chi connectivity index (χ2v) is 4.34. The van der Waals surface area contributed by atoms with Crippen molar-refractivity contribution in [2.75, 3.05) is 0 Å². The first-order valence-electron chi connectivity index (χ1n) is 6.21. The van der Waals surface area contributed by atoms with Gasteiger partial charge >= 0.3 is 0 Å². The molecule has 1 aromatic carbocycles. The molecule has 0 amide bonds. The number of carbonyl (C=O) groups excluding carboxylic acids is 1. The van der Waals surface area contributed by atoms with Crippen LogP contribution in [0, 0.1) is 5.82 Å². The van der Waals surface area contributed by atoms with E-state index in [2.05, 4.69) is 0 Å². The van der Waals surface area contributed by atoms with Crippen molar-refractivity contribution in [2.24, 2.45) is 0 Å². The predicted octanol–water partition coefficient (Wildman–Crippen LogP) is 4.12. The van der Waals surface area contributed by atoms with Crippen molar-refractivity contribution in [3.8, 4) is 0 Å². The second-order valence-electron chi connectivity index (χ2n) is 4.34. The van der Waals surface area contributed by atoms with Crippen LogP contribution in [0.2, 0.25) is 0 Å². The van der Waals surface area contributed by atoms with Crippen LogP contribution in [-0.2, 0) is 6.54 Å². The Labute approximate surface area is 111 Å². The van der Waals surface area contributed by atoms with Gasteiger partial charge in [0.05, 0.1) is 11.2 Å². The van der Waals surface area contributed by atoms with Crippen LogP contribution in [0.5, 0.6) is 0 Å². The zero-order chi connectivity index (χ0) is 13.8. The normalized spacial score (nSPS) is 12.5. The zero-order valence-corrected chi connectivity index (χ0v) is 11.1. The van der Waals surface area contributed by atoms with Crippen molar-refractivity contribution >= 4 is 17.2 Å². The number of allylic oxidation sites excluding steroid dienone is 4. The van der Waals surface area contributed by atoms with Crippen LogP contribution < -0.4 is 0 Å². The van der Waals surface area contributed by atoms with Crippen LogP contribution in [0.4, 0.5) is 4.39 Å². The number of hydrogen-bond acceptors (Lipinski definition) is 1. The van der Waals surface area contributed by atoms with Gasteiger partial charge in [-0.2, -0.15) is 0 Å². The number of aldehydes is 1. The molecular weight excluding hydrogens is 241 g/mol. The second kappa shape index (κ2) is 5.65. The van der Waals surface area contributed by atoms with Crippen LogP contribution in [0.25, 0.3) is 10.9 Å².